The van der Waals surface area contributed by atoms with Crippen LogP contribution < -0.4 is 0 Å². The maximum absolute atomic E-state index is 11.3. The molecule has 5 rings (SSSR count). The maximum Gasteiger partial charge on any atom is 0.126 e. The summed E-state index contributed by atoms with van der Waals surface area (Å²) in [5.41, 5.74) is 3.53. The van der Waals surface area contributed by atoms with E-state index in [0.717, 1.165) is 51.4 Å². The lowest BCUT2D eigenvalue weighted by atomic mass is 9.55. The molecule has 5 aliphatic rings. The molecule has 1 saturated heterocycles. The highest BCUT2D eigenvalue weighted by Crippen LogP contribution is 2.64. The third-order valence-corrected chi connectivity index (χ3v) is 9.04. The summed E-state index contributed by atoms with van der Waals surface area (Å²) >= 11 is 0. The fourth-order valence-corrected chi connectivity index (χ4v) is 7.25. The Hall–Kier alpha value is -1.15. The zero-order valence-electron chi connectivity index (χ0n) is 16.6. The largest absolute Gasteiger partial charge is 0.389 e. The van der Waals surface area contributed by atoms with Crippen LogP contribution in [0.25, 0.3) is 0 Å². The lowest BCUT2D eigenvalue weighted by Crippen LogP contribution is -2.49. The maximum atomic E-state index is 11.3. The minimum atomic E-state index is -0.519. The Morgan fingerprint density at radius 2 is 2.19 bits per heavy atom. The van der Waals surface area contributed by atoms with Gasteiger partial charge in [0.2, 0.25) is 0 Å². The van der Waals surface area contributed by atoms with Crippen LogP contribution in [0.2, 0.25) is 0 Å². The third kappa shape index (κ3) is 2.26. The van der Waals surface area contributed by atoms with Crippen molar-refractivity contribution in [1.29, 1.82) is 5.26 Å². The van der Waals surface area contributed by atoms with E-state index in [9.17, 15) is 10.4 Å². The summed E-state index contributed by atoms with van der Waals surface area (Å²) in [6, 6.07) is 2.53. The number of hydrogen-bond donors (Lipinski definition) is 1. The first kappa shape index (κ1) is 17.9. The normalized spacial score (nSPS) is 48.7. The van der Waals surface area contributed by atoms with Crippen molar-refractivity contribution < 1.29 is 14.9 Å². The van der Waals surface area contributed by atoms with Crippen molar-refractivity contribution in [3.63, 3.8) is 0 Å². The SMILES string of the molecule is CC[C@@]1(O)CC[C@H]2[C@@H]3CCC4=C(CC(C#N)C5(CCOO5)C4)C3=CC[C@@]21C. The molecule has 0 bridgehead atoms. The molecule has 2 unspecified atom stereocenters. The Bertz CT molecular complexity index is 756. The van der Waals surface area contributed by atoms with E-state index in [1.54, 1.807) is 0 Å². The average molecular weight is 370 g/mol. The number of hydrogen-bond acceptors (Lipinski definition) is 4. The molecule has 146 valence electrons. The van der Waals surface area contributed by atoms with Gasteiger partial charge in [0.15, 0.2) is 0 Å². The van der Waals surface area contributed by atoms with Gasteiger partial charge in [0.05, 0.1) is 24.2 Å². The fraction of sp³-hybridized carbons (Fsp3) is 0.783. The van der Waals surface area contributed by atoms with Crippen LogP contribution in [0.15, 0.2) is 22.8 Å². The van der Waals surface area contributed by atoms with Crippen molar-refractivity contribution in [2.75, 3.05) is 6.61 Å². The lowest BCUT2D eigenvalue weighted by Gasteiger charge is -2.51. The van der Waals surface area contributed by atoms with Gasteiger partial charge in [-0.3, -0.25) is 0 Å². The van der Waals surface area contributed by atoms with Crippen LogP contribution in [0.3, 0.4) is 0 Å². The van der Waals surface area contributed by atoms with Crippen molar-refractivity contribution in [2.24, 2.45) is 23.2 Å². The van der Waals surface area contributed by atoms with Gasteiger partial charge in [0.1, 0.15) is 5.60 Å². The first-order chi connectivity index (χ1) is 13.0. The molecule has 6 atom stereocenters. The highest BCUT2D eigenvalue weighted by Gasteiger charge is 2.60. The van der Waals surface area contributed by atoms with Crippen LogP contribution in [0, 0.1) is 34.5 Å². The third-order valence-electron chi connectivity index (χ3n) is 9.04. The molecule has 0 aromatic rings. The van der Waals surface area contributed by atoms with Crippen molar-refractivity contribution in [3.05, 3.63) is 22.8 Å². The number of nitrogens with zero attached hydrogens (tertiary/aromatic N) is 1. The Morgan fingerprint density at radius 3 is 2.89 bits per heavy atom. The Morgan fingerprint density at radius 1 is 1.33 bits per heavy atom. The molecular formula is C23H31NO3. The molecule has 0 aromatic heterocycles. The molecule has 0 aromatic carbocycles. The van der Waals surface area contributed by atoms with Gasteiger partial charge in [-0.15, -0.1) is 0 Å². The molecule has 4 heteroatoms. The molecule has 4 aliphatic carbocycles. The topological polar surface area (TPSA) is 62.5 Å². The smallest absolute Gasteiger partial charge is 0.126 e. The van der Waals surface area contributed by atoms with Crippen LogP contribution in [0.1, 0.15) is 71.6 Å². The van der Waals surface area contributed by atoms with Crippen LogP contribution in [-0.4, -0.2) is 22.9 Å². The van der Waals surface area contributed by atoms with E-state index >= 15 is 0 Å². The summed E-state index contributed by atoms with van der Waals surface area (Å²) in [7, 11) is 0. The molecule has 0 amide bonds. The highest BCUT2D eigenvalue weighted by molar-refractivity contribution is 5.46. The monoisotopic (exact) mass is 369 g/mol. The van der Waals surface area contributed by atoms with Crippen molar-refractivity contribution in [2.45, 2.75) is 82.8 Å². The highest BCUT2D eigenvalue weighted by atomic mass is 17.2. The number of fused-ring (bicyclic) bond motifs is 4. The van der Waals surface area contributed by atoms with Gasteiger partial charge >= 0.3 is 0 Å². The number of rotatable bonds is 1. The van der Waals surface area contributed by atoms with E-state index in [1.165, 1.54) is 23.1 Å². The quantitative estimate of drug-likeness (QED) is 0.686. The molecule has 2 fully saturated rings. The predicted octanol–water partition coefficient (Wildman–Crippen LogP) is 4.60. The van der Waals surface area contributed by atoms with Crippen LogP contribution >= 0.6 is 0 Å². The molecule has 0 radical (unpaired) electrons. The predicted molar refractivity (Wildman–Crippen MR) is 101 cm³/mol. The summed E-state index contributed by atoms with van der Waals surface area (Å²) in [5, 5.41) is 21.1. The number of aliphatic hydroxyl groups is 1. The first-order valence-electron chi connectivity index (χ1n) is 10.8. The summed E-state index contributed by atoms with van der Waals surface area (Å²) in [6.07, 6.45) is 11.1. The zero-order chi connectivity index (χ0) is 18.9. The molecule has 1 N–H and O–H groups in total. The van der Waals surface area contributed by atoms with E-state index in [1.807, 2.05) is 0 Å². The summed E-state index contributed by atoms with van der Waals surface area (Å²) in [5.74, 6) is 0.999. The van der Waals surface area contributed by atoms with Gasteiger partial charge in [0.25, 0.3) is 0 Å². The lowest BCUT2D eigenvalue weighted by molar-refractivity contribution is -0.317. The molecule has 1 saturated carbocycles. The van der Waals surface area contributed by atoms with Crippen molar-refractivity contribution in [1.82, 2.24) is 0 Å². The van der Waals surface area contributed by atoms with Crippen molar-refractivity contribution >= 4 is 0 Å². The standard InChI is InChI=1S/C23H31NO3/c1-3-23(25)9-7-20-18-5-4-15-13-22(10-11-26-27-22)16(14-24)12-19(15)17(18)6-8-21(20,23)2/h6,16,18,20,25H,3-5,7-13H2,1-2H3/t16?,18-,20+,21+,22?,23-/m1/s1. The second kappa shape index (κ2) is 5.92. The molecular weight excluding hydrogens is 338 g/mol. The van der Waals surface area contributed by atoms with Crippen LogP contribution in [0.4, 0.5) is 0 Å². The molecule has 1 spiro atoms. The van der Waals surface area contributed by atoms with Gasteiger partial charge in [-0.2, -0.15) is 5.26 Å². The van der Waals surface area contributed by atoms with Crippen LogP contribution in [0.5, 0.6) is 0 Å². The fourth-order valence-electron chi connectivity index (χ4n) is 7.25. The summed E-state index contributed by atoms with van der Waals surface area (Å²) < 4.78 is 0. The van der Waals surface area contributed by atoms with Crippen LogP contribution in [-0.2, 0) is 9.78 Å². The molecule has 27 heavy (non-hydrogen) atoms. The van der Waals surface area contributed by atoms with E-state index < -0.39 is 11.2 Å². The van der Waals surface area contributed by atoms with E-state index in [0.29, 0.717) is 18.4 Å². The Labute approximate surface area is 162 Å². The second-order valence-electron chi connectivity index (χ2n) is 9.82. The van der Waals surface area contributed by atoms with Gasteiger partial charge in [-0.05, 0) is 67.9 Å². The Balaban J connectivity index is 1.51. The van der Waals surface area contributed by atoms with Gasteiger partial charge in [0, 0.05) is 18.3 Å². The minimum Gasteiger partial charge on any atom is -0.389 e. The van der Waals surface area contributed by atoms with Gasteiger partial charge < -0.3 is 5.11 Å². The summed E-state index contributed by atoms with van der Waals surface area (Å²) in [4.78, 5) is 10.9. The average Bonchev–Trinajstić information content (AvgIpc) is 3.24. The summed E-state index contributed by atoms with van der Waals surface area (Å²) in [6.45, 7) is 5.06. The molecule has 1 heterocycles. The Kier molecular flexibility index (Phi) is 3.93. The number of nitriles is 1. The minimum absolute atomic E-state index is 0.000896. The van der Waals surface area contributed by atoms with Gasteiger partial charge in [-0.25, -0.2) is 9.78 Å². The second-order valence-corrected chi connectivity index (χ2v) is 9.82. The van der Waals surface area contributed by atoms with E-state index in [-0.39, 0.29) is 11.3 Å². The zero-order valence-corrected chi connectivity index (χ0v) is 16.6. The van der Waals surface area contributed by atoms with E-state index in [4.69, 9.17) is 9.78 Å². The number of allylic oxidation sites excluding steroid dienone is 3. The first-order valence-corrected chi connectivity index (χ1v) is 10.8. The molecule has 4 nitrogen and oxygen atoms in total. The van der Waals surface area contributed by atoms with E-state index in [2.05, 4.69) is 26.0 Å². The van der Waals surface area contributed by atoms with Gasteiger partial charge in [-0.1, -0.05) is 25.5 Å². The van der Waals surface area contributed by atoms with Crippen molar-refractivity contribution in [3.8, 4) is 6.07 Å². The molecule has 1 aliphatic heterocycles.